The zero-order chi connectivity index (χ0) is 55.7. The van der Waals surface area contributed by atoms with Crippen LogP contribution in [0.1, 0.15) is 171 Å². The highest BCUT2D eigenvalue weighted by Crippen LogP contribution is 2.27. The van der Waals surface area contributed by atoms with Gasteiger partial charge in [-0.3, -0.25) is 24.1 Å². The summed E-state index contributed by atoms with van der Waals surface area (Å²) in [6.07, 6.45) is 21.9. The number of piperidine rings is 4. The van der Waals surface area contributed by atoms with E-state index in [9.17, 15) is 24.0 Å². The number of carbonyl (C=O) groups is 5. The second-order valence-corrected chi connectivity index (χ2v) is 23.7. The number of rotatable bonds is 22. The van der Waals surface area contributed by atoms with Gasteiger partial charge in [-0.1, -0.05) is 128 Å². The second-order valence-electron chi connectivity index (χ2n) is 23.7. The number of carbonyl (C=O) groups excluding carboxylic acids is 5. The normalized spacial score (nSPS) is 19.7. The molecule has 0 aliphatic carbocycles. The molecule has 4 heterocycles. The van der Waals surface area contributed by atoms with E-state index in [2.05, 4.69) is 125 Å². The third kappa shape index (κ3) is 20.2. The molecular formula is C67H94N6O6. The molecule has 428 valence electrons. The van der Waals surface area contributed by atoms with Gasteiger partial charge in [-0.15, -0.1) is 0 Å². The highest BCUT2D eigenvalue weighted by molar-refractivity contribution is 5.92. The highest BCUT2D eigenvalue weighted by Gasteiger charge is 2.42. The molecule has 4 saturated heterocycles. The number of likely N-dealkylation sites (tertiary alicyclic amines) is 3. The summed E-state index contributed by atoms with van der Waals surface area (Å²) >= 11 is 0. The Labute approximate surface area is 473 Å². The zero-order valence-corrected chi connectivity index (χ0v) is 48.1. The molecule has 0 bridgehead atoms. The molecule has 8 rings (SSSR count). The summed E-state index contributed by atoms with van der Waals surface area (Å²) in [6.45, 7) is 8.16. The number of nitrogens with one attached hydrogen (secondary N) is 3. The Morgan fingerprint density at radius 1 is 0.468 bits per heavy atom. The van der Waals surface area contributed by atoms with Crippen molar-refractivity contribution in [3.05, 3.63) is 144 Å². The molecule has 4 aromatic carbocycles. The van der Waals surface area contributed by atoms with Crippen LogP contribution >= 0.6 is 0 Å². The van der Waals surface area contributed by atoms with Crippen LogP contribution in [0.3, 0.4) is 0 Å². The maximum absolute atomic E-state index is 14.0. The van der Waals surface area contributed by atoms with E-state index in [0.29, 0.717) is 32.5 Å². The number of benzene rings is 4. The third-order valence-electron chi connectivity index (χ3n) is 16.3. The van der Waals surface area contributed by atoms with Crippen molar-refractivity contribution >= 4 is 29.7 Å². The van der Waals surface area contributed by atoms with E-state index in [-0.39, 0.29) is 47.8 Å². The number of nitrogens with zero attached hydrogens (tertiary/aromatic N) is 3. The topological polar surface area (TPSA) is 140 Å². The second kappa shape index (κ2) is 32.3. The van der Waals surface area contributed by atoms with E-state index in [1.807, 2.05) is 37.8 Å². The Balaban J connectivity index is 0.000000232. The summed E-state index contributed by atoms with van der Waals surface area (Å²) in [5.74, 6) is -0.00486. The lowest BCUT2D eigenvalue weighted by Crippen LogP contribution is -2.60. The van der Waals surface area contributed by atoms with Crippen molar-refractivity contribution in [2.75, 3.05) is 26.2 Å². The molecule has 4 aromatic rings. The van der Waals surface area contributed by atoms with Crippen LogP contribution in [-0.2, 0) is 49.6 Å². The van der Waals surface area contributed by atoms with Gasteiger partial charge in [0.25, 0.3) is 0 Å². The lowest BCUT2D eigenvalue weighted by Gasteiger charge is -2.42. The Kier molecular flexibility index (Phi) is 24.8. The minimum atomic E-state index is -0.633. The third-order valence-corrected chi connectivity index (χ3v) is 16.3. The average Bonchev–Trinajstić information content (AvgIpc) is 3.55. The zero-order valence-electron chi connectivity index (χ0n) is 48.1. The van der Waals surface area contributed by atoms with Gasteiger partial charge in [0.05, 0.1) is 6.04 Å². The molecule has 4 unspecified atom stereocenters. The van der Waals surface area contributed by atoms with E-state index in [4.69, 9.17) is 4.74 Å². The van der Waals surface area contributed by atoms with E-state index < -0.39 is 23.8 Å². The van der Waals surface area contributed by atoms with Gasteiger partial charge in [0.1, 0.15) is 23.7 Å². The minimum Gasteiger partial charge on any atom is -0.444 e. The van der Waals surface area contributed by atoms with Crippen LogP contribution in [0, 0.1) is 0 Å². The fourth-order valence-corrected chi connectivity index (χ4v) is 12.1. The van der Waals surface area contributed by atoms with Crippen molar-refractivity contribution in [3.8, 4) is 0 Å². The highest BCUT2D eigenvalue weighted by atomic mass is 16.6. The first-order chi connectivity index (χ1) is 38.4. The van der Waals surface area contributed by atoms with Gasteiger partial charge in [0.2, 0.25) is 23.6 Å². The van der Waals surface area contributed by atoms with Gasteiger partial charge in [-0.2, -0.15) is 0 Å². The summed E-state index contributed by atoms with van der Waals surface area (Å²) in [4.78, 5) is 73.0. The van der Waals surface area contributed by atoms with Crippen LogP contribution in [-0.4, -0.2) is 112 Å². The minimum absolute atomic E-state index is 0.0447. The summed E-state index contributed by atoms with van der Waals surface area (Å²) in [5.41, 5.74) is 4.67. The van der Waals surface area contributed by atoms with Gasteiger partial charge in [-0.25, -0.2) is 4.79 Å². The average molecular weight is 1080 g/mol. The molecule has 0 radical (unpaired) electrons. The molecule has 4 fully saturated rings. The fraction of sp³-hybridized carbons (Fsp3) is 0.567. The van der Waals surface area contributed by atoms with E-state index in [1.54, 1.807) is 9.80 Å². The van der Waals surface area contributed by atoms with Crippen molar-refractivity contribution < 1.29 is 28.7 Å². The van der Waals surface area contributed by atoms with Gasteiger partial charge < -0.3 is 30.5 Å². The van der Waals surface area contributed by atoms with Crippen molar-refractivity contribution in [1.82, 2.24) is 30.7 Å². The van der Waals surface area contributed by atoms with Crippen molar-refractivity contribution in [2.24, 2.45) is 0 Å². The fourth-order valence-electron chi connectivity index (χ4n) is 12.1. The van der Waals surface area contributed by atoms with Crippen LogP contribution in [0.25, 0.3) is 0 Å². The molecule has 4 atom stereocenters. The van der Waals surface area contributed by atoms with Gasteiger partial charge >= 0.3 is 6.09 Å². The predicted octanol–water partition coefficient (Wildman–Crippen LogP) is 11.7. The molecule has 0 aromatic heterocycles. The summed E-state index contributed by atoms with van der Waals surface area (Å²) in [5, 5.41) is 10.1. The van der Waals surface area contributed by atoms with Crippen LogP contribution in [0.4, 0.5) is 4.79 Å². The van der Waals surface area contributed by atoms with Crippen LogP contribution < -0.4 is 16.0 Å². The van der Waals surface area contributed by atoms with Crippen LogP contribution in [0.5, 0.6) is 0 Å². The van der Waals surface area contributed by atoms with Gasteiger partial charge in [-0.05, 0) is 197 Å². The lowest BCUT2D eigenvalue weighted by molar-refractivity contribution is -0.147. The molecule has 12 nitrogen and oxygen atoms in total. The number of ether oxygens (including phenoxy) is 1. The predicted molar refractivity (Wildman–Crippen MR) is 316 cm³/mol. The molecule has 79 heavy (non-hydrogen) atoms. The Morgan fingerprint density at radius 2 is 0.823 bits per heavy atom. The van der Waals surface area contributed by atoms with Gasteiger partial charge in [0.15, 0.2) is 0 Å². The maximum atomic E-state index is 14.0. The first kappa shape index (κ1) is 60.6. The van der Waals surface area contributed by atoms with Crippen LogP contribution in [0.2, 0.25) is 0 Å². The molecule has 5 amide bonds. The van der Waals surface area contributed by atoms with Crippen molar-refractivity contribution in [2.45, 2.75) is 217 Å². The number of hydrogen-bond donors (Lipinski definition) is 3. The summed E-state index contributed by atoms with van der Waals surface area (Å²) in [6, 6.07) is 40.8. The molecular weight excluding hydrogens is 985 g/mol. The standard InChI is InChI=1S/C36H51N3O4.C31H43N3O2/c1-36(2,3)43-35(42)39-27-13-11-25-32(39)34(41)38-26-12-10-24-31(38)33(40)37-30(22-14-20-28-16-6-4-7-17-28)23-15-21-29-18-8-5-9-19-29;35-30(29-22-8-10-24-34(29)31(36)28-21-7-9-23-32-28)33-27(19-11-17-25-13-3-1-4-14-25)20-12-18-26-15-5-2-6-16-26/h4-9,16-19,30-32H,10-15,20-27H2,1-3H3,(H,37,40);1-6,13-16,27-29,32H,7-12,17-24H2,(H,33,35). The SMILES string of the molecule is CC(C)(C)OC(=O)N1CCCCC1C(=O)N1CCCCC1C(=O)NC(CCCc1ccccc1)CCCc1ccccc1.O=C(NC(CCCc1ccccc1)CCCc1ccccc1)C1CCCCN1C(=O)C1CCCCN1. The number of amides is 5. The largest absolute Gasteiger partial charge is 0.444 e. The van der Waals surface area contributed by atoms with Crippen molar-refractivity contribution in [1.29, 1.82) is 0 Å². The molecule has 4 aliphatic heterocycles. The Morgan fingerprint density at radius 3 is 1.19 bits per heavy atom. The number of hydrogen-bond acceptors (Lipinski definition) is 7. The Bertz CT molecular complexity index is 2340. The summed E-state index contributed by atoms with van der Waals surface area (Å²) < 4.78 is 5.65. The smallest absolute Gasteiger partial charge is 0.410 e. The van der Waals surface area contributed by atoms with E-state index in [1.165, 1.54) is 22.3 Å². The molecule has 0 spiro atoms. The van der Waals surface area contributed by atoms with Crippen molar-refractivity contribution in [3.63, 3.8) is 0 Å². The lowest BCUT2D eigenvalue weighted by atomic mass is 9.95. The summed E-state index contributed by atoms with van der Waals surface area (Å²) in [7, 11) is 0. The van der Waals surface area contributed by atoms with E-state index in [0.717, 1.165) is 148 Å². The molecule has 4 aliphatic rings. The Hall–Kier alpha value is -6.01. The molecule has 3 N–H and O–H groups in total. The molecule has 12 heteroatoms. The monoisotopic (exact) mass is 1080 g/mol. The number of aryl methyl sites for hydroxylation is 4. The van der Waals surface area contributed by atoms with Gasteiger partial charge in [0, 0.05) is 31.7 Å². The maximum Gasteiger partial charge on any atom is 0.410 e. The van der Waals surface area contributed by atoms with Crippen LogP contribution in [0.15, 0.2) is 121 Å². The first-order valence-corrected chi connectivity index (χ1v) is 30.5. The quantitative estimate of drug-likeness (QED) is 0.0712. The first-order valence-electron chi connectivity index (χ1n) is 30.5. The van der Waals surface area contributed by atoms with E-state index >= 15 is 0 Å². The molecule has 0 saturated carbocycles.